The number of aliphatic hydroxyl groups is 3. The highest BCUT2D eigenvalue weighted by atomic mass is 16.5. The van der Waals surface area contributed by atoms with Crippen molar-refractivity contribution in [2.24, 2.45) is 0 Å². The van der Waals surface area contributed by atoms with Gasteiger partial charge in [0.1, 0.15) is 6.61 Å². The minimum atomic E-state index is -0.937. The lowest BCUT2D eigenvalue weighted by Crippen LogP contribution is -2.19. The molecule has 0 rings (SSSR count). The molecule has 2 atom stereocenters. The van der Waals surface area contributed by atoms with Crippen LogP contribution in [0.4, 0.5) is 0 Å². The Kier molecular flexibility index (Phi) is 9.65. The number of rotatable bonds is 11. The zero-order chi connectivity index (χ0) is 17.2. The van der Waals surface area contributed by atoms with Gasteiger partial charge >= 0.3 is 5.97 Å². The molecule has 0 spiro atoms. The van der Waals surface area contributed by atoms with Crippen LogP contribution in [0.5, 0.6) is 0 Å². The highest BCUT2D eigenvalue weighted by Gasteiger charge is 2.14. The van der Waals surface area contributed by atoms with Crippen molar-refractivity contribution in [3.05, 3.63) is 36.5 Å². The van der Waals surface area contributed by atoms with Gasteiger partial charge in [0.25, 0.3) is 0 Å². The first-order valence-corrected chi connectivity index (χ1v) is 7.35. The van der Waals surface area contributed by atoms with Crippen molar-refractivity contribution >= 4 is 5.97 Å². The van der Waals surface area contributed by atoms with Crippen LogP contribution in [0.15, 0.2) is 36.5 Å². The molecule has 1 unspecified atom stereocenters. The van der Waals surface area contributed by atoms with Gasteiger partial charge < -0.3 is 20.1 Å². The molecule has 3 N–H and O–H groups in total. The summed E-state index contributed by atoms with van der Waals surface area (Å²) in [5.41, 5.74) is 0.287. The van der Waals surface area contributed by atoms with Gasteiger partial charge in [-0.15, -0.1) is 6.58 Å². The Morgan fingerprint density at radius 3 is 2.59 bits per heavy atom. The van der Waals surface area contributed by atoms with Crippen LogP contribution in [0.1, 0.15) is 39.5 Å². The van der Waals surface area contributed by atoms with E-state index in [2.05, 4.69) is 13.2 Å². The monoisotopic (exact) mass is 312 g/mol. The van der Waals surface area contributed by atoms with Crippen molar-refractivity contribution in [2.45, 2.75) is 51.2 Å². The quantitative estimate of drug-likeness (QED) is 0.400. The summed E-state index contributed by atoms with van der Waals surface area (Å²) in [6, 6.07) is 0. The van der Waals surface area contributed by atoms with E-state index < -0.39 is 11.7 Å². The normalized spacial score (nSPS) is 15.8. The smallest absolute Gasteiger partial charge is 0.302 e. The van der Waals surface area contributed by atoms with Crippen molar-refractivity contribution in [2.75, 3.05) is 13.2 Å². The minimum absolute atomic E-state index is 0.157. The van der Waals surface area contributed by atoms with Crippen molar-refractivity contribution in [1.82, 2.24) is 0 Å². The Morgan fingerprint density at radius 1 is 1.45 bits per heavy atom. The Balaban J connectivity index is 4.57. The topological polar surface area (TPSA) is 87.0 Å². The first-order valence-electron chi connectivity index (χ1n) is 7.35. The molecule has 0 aromatic rings. The van der Waals surface area contributed by atoms with Gasteiger partial charge in [-0.25, -0.2) is 0 Å². The van der Waals surface area contributed by atoms with Crippen molar-refractivity contribution in [1.29, 1.82) is 0 Å². The molecule has 0 bridgehead atoms. The first-order chi connectivity index (χ1) is 10.2. The summed E-state index contributed by atoms with van der Waals surface area (Å²) in [6.45, 7) is 10.1. The molecule has 22 heavy (non-hydrogen) atoms. The Bertz CT molecular complexity index is 409. The first kappa shape index (κ1) is 20.6. The number of esters is 1. The lowest BCUT2D eigenvalue weighted by Gasteiger charge is -2.18. The van der Waals surface area contributed by atoms with E-state index in [4.69, 9.17) is 9.84 Å². The summed E-state index contributed by atoms with van der Waals surface area (Å²) < 4.78 is 4.99. The second-order valence-corrected chi connectivity index (χ2v) is 5.61. The summed E-state index contributed by atoms with van der Waals surface area (Å²) in [6.07, 6.45) is 4.62. The van der Waals surface area contributed by atoms with Gasteiger partial charge in [0.05, 0.1) is 18.3 Å². The molecule has 0 aromatic heterocycles. The molecular weight excluding hydrogens is 284 g/mol. The predicted molar refractivity (Wildman–Crippen MR) is 86.2 cm³/mol. The average molecular weight is 312 g/mol. The van der Waals surface area contributed by atoms with E-state index in [1.807, 2.05) is 6.08 Å². The molecule has 0 aliphatic rings. The number of hydrogen-bond donors (Lipinski definition) is 3. The third-order valence-electron chi connectivity index (χ3n) is 3.40. The number of ether oxygens (including phenoxy) is 1. The Morgan fingerprint density at radius 2 is 2.09 bits per heavy atom. The third kappa shape index (κ3) is 9.50. The maximum atomic E-state index is 10.9. The van der Waals surface area contributed by atoms with E-state index in [0.717, 1.165) is 5.57 Å². The zero-order valence-electron chi connectivity index (χ0n) is 13.5. The van der Waals surface area contributed by atoms with Crippen LogP contribution < -0.4 is 0 Å². The molecule has 0 amide bonds. The van der Waals surface area contributed by atoms with E-state index in [-0.39, 0.29) is 19.2 Å². The summed E-state index contributed by atoms with van der Waals surface area (Å²) in [5.74, 6) is -0.371. The van der Waals surface area contributed by atoms with Gasteiger partial charge in [-0.2, -0.15) is 0 Å². The Labute approximate surface area is 132 Å². The van der Waals surface area contributed by atoms with Gasteiger partial charge in [0.2, 0.25) is 0 Å². The van der Waals surface area contributed by atoms with Crippen LogP contribution in [-0.4, -0.2) is 46.2 Å². The number of hydrogen-bond acceptors (Lipinski definition) is 5. The van der Waals surface area contributed by atoms with E-state index in [1.54, 1.807) is 6.92 Å². The predicted octanol–water partition coefficient (Wildman–Crippen LogP) is 1.88. The van der Waals surface area contributed by atoms with Crippen LogP contribution >= 0.6 is 0 Å². The van der Waals surface area contributed by atoms with Gasteiger partial charge in [-0.1, -0.05) is 18.7 Å². The van der Waals surface area contributed by atoms with Crippen molar-refractivity contribution in [3.8, 4) is 0 Å². The van der Waals surface area contributed by atoms with E-state index in [0.29, 0.717) is 31.3 Å². The van der Waals surface area contributed by atoms with Crippen LogP contribution in [0.25, 0.3) is 0 Å². The molecule has 0 aliphatic carbocycles. The molecule has 0 saturated heterocycles. The SMILES string of the molecule is C=CC(C)(O)CC/C=C(/CC[C@@H](O)C(=C)CO)COC(C)=O. The molecule has 0 aliphatic heterocycles. The largest absolute Gasteiger partial charge is 0.461 e. The molecule has 0 radical (unpaired) electrons. The van der Waals surface area contributed by atoms with E-state index in [9.17, 15) is 15.0 Å². The van der Waals surface area contributed by atoms with E-state index in [1.165, 1.54) is 13.0 Å². The molecule has 0 saturated carbocycles. The fourth-order valence-electron chi connectivity index (χ4n) is 1.73. The van der Waals surface area contributed by atoms with Crippen LogP contribution in [0.2, 0.25) is 0 Å². The molecular formula is C17H28O5. The van der Waals surface area contributed by atoms with E-state index >= 15 is 0 Å². The van der Waals surface area contributed by atoms with Crippen LogP contribution in [-0.2, 0) is 9.53 Å². The summed E-state index contributed by atoms with van der Waals surface area (Å²) in [7, 11) is 0. The summed E-state index contributed by atoms with van der Waals surface area (Å²) in [4.78, 5) is 10.9. The summed E-state index contributed by atoms with van der Waals surface area (Å²) >= 11 is 0. The average Bonchev–Trinajstić information content (AvgIpc) is 2.47. The molecule has 0 heterocycles. The molecule has 5 nitrogen and oxygen atoms in total. The molecule has 5 heteroatoms. The highest BCUT2D eigenvalue weighted by molar-refractivity contribution is 5.66. The standard InChI is InChI=1S/C17H28O5/c1-5-17(4,21)10-6-7-15(12-22-14(3)19)8-9-16(20)13(2)11-18/h5,7,16,18,20-21H,1-2,6,8-12H2,3-4H3/b15-7-/t16-,17?/m1/s1. The minimum Gasteiger partial charge on any atom is -0.461 e. The lowest BCUT2D eigenvalue weighted by molar-refractivity contribution is -0.140. The second-order valence-electron chi connectivity index (χ2n) is 5.61. The van der Waals surface area contributed by atoms with Crippen LogP contribution in [0, 0.1) is 0 Å². The third-order valence-corrected chi connectivity index (χ3v) is 3.40. The maximum absolute atomic E-state index is 10.9. The molecule has 0 aromatic carbocycles. The summed E-state index contributed by atoms with van der Waals surface area (Å²) in [5, 5.41) is 28.6. The van der Waals surface area contributed by atoms with Crippen molar-refractivity contribution < 1.29 is 24.9 Å². The van der Waals surface area contributed by atoms with Gasteiger partial charge in [0, 0.05) is 6.92 Å². The Hall–Kier alpha value is -1.43. The number of carbonyl (C=O) groups excluding carboxylic acids is 1. The number of allylic oxidation sites excluding steroid dienone is 1. The van der Waals surface area contributed by atoms with Gasteiger partial charge in [-0.3, -0.25) is 4.79 Å². The van der Waals surface area contributed by atoms with Crippen LogP contribution in [0.3, 0.4) is 0 Å². The van der Waals surface area contributed by atoms with Gasteiger partial charge in [-0.05, 0) is 43.8 Å². The number of aliphatic hydroxyl groups excluding tert-OH is 2. The zero-order valence-corrected chi connectivity index (χ0v) is 13.5. The lowest BCUT2D eigenvalue weighted by atomic mass is 9.98. The fraction of sp³-hybridized carbons (Fsp3) is 0.588. The molecule has 126 valence electrons. The number of carbonyl (C=O) groups is 1. The fourth-order valence-corrected chi connectivity index (χ4v) is 1.73. The second kappa shape index (κ2) is 10.3. The van der Waals surface area contributed by atoms with Gasteiger partial charge in [0.15, 0.2) is 0 Å². The maximum Gasteiger partial charge on any atom is 0.302 e. The molecule has 0 fully saturated rings. The van der Waals surface area contributed by atoms with Crippen molar-refractivity contribution in [3.63, 3.8) is 0 Å². The highest BCUT2D eigenvalue weighted by Crippen LogP contribution is 2.17.